The maximum atomic E-state index is 13.6. The van der Waals surface area contributed by atoms with Crippen LogP contribution in [0.4, 0.5) is 18.2 Å². The van der Waals surface area contributed by atoms with Crippen LogP contribution in [0.5, 0.6) is 0 Å². The van der Waals surface area contributed by atoms with Gasteiger partial charge in [-0.15, -0.1) is 11.3 Å². The van der Waals surface area contributed by atoms with Gasteiger partial charge in [0.15, 0.2) is 5.76 Å². The van der Waals surface area contributed by atoms with Gasteiger partial charge in [-0.3, -0.25) is 9.69 Å². The van der Waals surface area contributed by atoms with Crippen LogP contribution in [0.15, 0.2) is 47.1 Å². The van der Waals surface area contributed by atoms with Crippen LogP contribution in [0.25, 0.3) is 0 Å². The van der Waals surface area contributed by atoms with Crippen LogP contribution in [0.1, 0.15) is 64.0 Å². The Morgan fingerprint density at radius 3 is 2.47 bits per heavy atom. The quantitative estimate of drug-likeness (QED) is 0.408. The lowest BCUT2D eigenvalue weighted by molar-refractivity contribution is -0.137. The number of halogens is 3. The molecule has 1 N–H and O–H groups in total. The van der Waals surface area contributed by atoms with Crippen molar-refractivity contribution in [3.8, 4) is 0 Å². The molecule has 0 unspecified atom stereocenters. The Kier molecular flexibility index (Phi) is 6.92. The van der Waals surface area contributed by atoms with Gasteiger partial charge in [0.25, 0.3) is 5.91 Å². The van der Waals surface area contributed by atoms with Crippen molar-refractivity contribution in [3.05, 3.63) is 75.6 Å². The van der Waals surface area contributed by atoms with E-state index in [2.05, 4.69) is 24.1 Å². The van der Waals surface area contributed by atoms with Gasteiger partial charge in [-0.25, -0.2) is 0 Å². The molecule has 3 heterocycles. The monoisotopic (exact) mass is 490 g/mol. The van der Waals surface area contributed by atoms with Gasteiger partial charge in [0.05, 0.1) is 17.9 Å². The van der Waals surface area contributed by atoms with Crippen LogP contribution in [-0.4, -0.2) is 23.9 Å². The number of amides is 1. The minimum absolute atomic E-state index is 0.186. The van der Waals surface area contributed by atoms with Gasteiger partial charge in [0, 0.05) is 23.5 Å². The fourth-order valence-electron chi connectivity index (χ4n) is 5.01. The van der Waals surface area contributed by atoms with Crippen LogP contribution in [0.3, 0.4) is 0 Å². The number of carbonyl (C=O) groups is 1. The van der Waals surface area contributed by atoms with Crippen molar-refractivity contribution in [2.75, 3.05) is 18.4 Å². The highest BCUT2D eigenvalue weighted by molar-refractivity contribution is 7.16. The van der Waals surface area contributed by atoms with E-state index in [0.29, 0.717) is 22.4 Å². The molecule has 0 saturated carbocycles. The molecule has 0 bridgehead atoms. The van der Waals surface area contributed by atoms with Crippen molar-refractivity contribution >= 4 is 22.2 Å². The predicted octanol–water partition coefficient (Wildman–Crippen LogP) is 7.30. The van der Waals surface area contributed by atoms with E-state index in [1.807, 2.05) is 13.8 Å². The van der Waals surface area contributed by atoms with E-state index in [1.165, 1.54) is 29.7 Å². The van der Waals surface area contributed by atoms with Gasteiger partial charge in [0.2, 0.25) is 0 Å². The standard InChI is InChI=1S/C26H29F3N2O2S/c1-15-11-16(2)14-31(13-15)23(19-7-5-8-20(12-19)26(27,28)29)22-17(3)18(4)34-25(22)30-24(32)21-9-6-10-33-21/h5-10,12,15-16,23H,11,13-14H2,1-4H3,(H,30,32)/t15-,16-,23-/m1/s1. The zero-order valence-corrected chi connectivity index (χ0v) is 20.5. The van der Waals surface area contributed by atoms with E-state index in [0.717, 1.165) is 41.6 Å². The van der Waals surface area contributed by atoms with Crippen LogP contribution in [0, 0.1) is 25.7 Å². The van der Waals surface area contributed by atoms with E-state index in [-0.39, 0.29) is 11.7 Å². The summed E-state index contributed by atoms with van der Waals surface area (Å²) in [5, 5.41) is 3.61. The average molecular weight is 491 g/mol. The lowest BCUT2D eigenvalue weighted by atomic mass is 9.87. The molecule has 1 aromatic carbocycles. The van der Waals surface area contributed by atoms with Gasteiger partial charge in [-0.2, -0.15) is 13.2 Å². The summed E-state index contributed by atoms with van der Waals surface area (Å²) in [7, 11) is 0. The zero-order chi connectivity index (χ0) is 24.6. The molecule has 3 atom stereocenters. The molecule has 182 valence electrons. The number of hydrogen-bond donors (Lipinski definition) is 1. The first-order chi connectivity index (χ1) is 16.0. The summed E-state index contributed by atoms with van der Waals surface area (Å²) in [4.78, 5) is 16.1. The minimum Gasteiger partial charge on any atom is -0.459 e. The molecule has 34 heavy (non-hydrogen) atoms. The van der Waals surface area contributed by atoms with Crippen molar-refractivity contribution in [3.63, 3.8) is 0 Å². The molecule has 3 aromatic rings. The third-order valence-corrected chi connectivity index (χ3v) is 7.61. The van der Waals surface area contributed by atoms with Gasteiger partial charge < -0.3 is 9.73 Å². The molecular weight excluding hydrogens is 461 g/mol. The Morgan fingerprint density at radius 1 is 1.15 bits per heavy atom. The highest BCUT2D eigenvalue weighted by Crippen LogP contribution is 2.45. The van der Waals surface area contributed by atoms with Gasteiger partial charge >= 0.3 is 6.18 Å². The second-order valence-corrected chi connectivity index (χ2v) is 10.6. The second-order valence-electron chi connectivity index (χ2n) is 9.38. The highest BCUT2D eigenvalue weighted by atomic mass is 32.1. The van der Waals surface area contributed by atoms with Crippen molar-refractivity contribution in [2.45, 2.75) is 46.3 Å². The number of furan rings is 1. The molecular formula is C26H29F3N2O2S. The Bertz CT molecular complexity index is 1140. The number of nitrogens with zero attached hydrogens (tertiary/aromatic N) is 1. The third kappa shape index (κ3) is 5.08. The molecule has 4 nitrogen and oxygen atoms in total. The maximum Gasteiger partial charge on any atom is 0.416 e. The third-order valence-electron chi connectivity index (χ3n) is 6.47. The van der Waals surface area contributed by atoms with E-state index < -0.39 is 17.8 Å². The molecule has 8 heteroatoms. The number of anilines is 1. The van der Waals surface area contributed by atoms with Crippen LogP contribution in [0.2, 0.25) is 0 Å². The van der Waals surface area contributed by atoms with Gasteiger partial charge in [-0.05, 0) is 67.5 Å². The van der Waals surface area contributed by atoms with Crippen molar-refractivity contribution in [1.82, 2.24) is 4.90 Å². The van der Waals surface area contributed by atoms with E-state index >= 15 is 0 Å². The Labute approximate surface area is 201 Å². The molecule has 0 aliphatic carbocycles. The normalized spacial score (nSPS) is 20.3. The lowest BCUT2D eigenvalue weighted by Crippen LogP contribution is -2.41. The fraction of sp³-hybridized carbons (Fsp3) is 0.423. The van der Waals surface area contributed by atoms with Crippen LogP contribution in [-0.2, 0) is 6.18 Å². The average Bonchev–Trinajstić information content (AvgIpc) is 3.38. The van der Waals surface area contributed by atoms with E-state index in [9.17, 15) is 18.0 Å². The summed E-state index contributed by atoms with van der Waals surface area (Å²) < 4.78 is 46.1. The SMILES string of the molecule is Cc1sc(NC(=O)c2ccco2)c([C@@H](c2cccc(C(F)(F)F)c2)N2C[C@H](C)C[C@@H](C)C2)c1C. The van der Waals surface area contributed by atoms with Crippen molar-refractivity contribution < 1.29 is 22.4 Å². The number of benzene rings is 1. The van der Waals surface area contributed by atoms with Crippen molar-refractivity contribution in [2.24, 2.45) is 11.8 Å². The van der Waals surface area contributed by atoms with Gasteiger partial charge in [-0.1, -0.05) is 26.0 Å². The number of likely N-dealkylation sites (tertiary alicyclic amines) is 1. The molecule has 1 saturated heterocycles. The molecule has 1 aliphatic heterocycles. The van der Waals surface area contributed by atoms with Crippen LogP contribution >= 0.6 is 11.3 Å². The summed E-state index contributed by atoms with van der Waals surface area (Å²) in [5.74, 6) is 0.637. The second kappa shape index (κ2) is 9.58. The summed E-state index contributed by atoms with van der Waals surface area (Å²) in [6.45, 7) is 9.84. The summed E-state index contributed by atoms with van der Waals surface area (Å²) >= 11 is 1.44. The molecule has 4 rings (SSSR count). The Hall–Kier alpha value is -2.58. The molecule has 2 aromatic heterocycles. The number of rotatable bonds is 5. The number of aryl methyl sites for hydroxylation is 1. The number of nitrogens with one attached hydrogen (secondary N) is 1. The maximum absolute atomic E-state index is 13.6. The van der Waals surface area contributed by atoms with E-state index in [4.69, 9.17) is 4.42 Å². The molecule has 1 aliphatic rings. The first kappa shape index (κ1) is 24.5. The molecule has 1 fully saturated rings. The zero-order valence-electron chi connectivity index (χ0n) is 19.7. The lowest BCUT2D eigenvalue weighted by Gasteiger charge is -2.41. The number of piperidine rings is 1. The number of thiophene rings is 1. The Morgan fingerprint density at radius 2 is 1.85 bits per heavy atom. The summed E-state index contributed by atoms with van der Waals surface area (Å²) in [5.41, 5.74) is 1.74. The topological polar surface area (TPSA) is 45.5 Å². The fourth-order valence-corrected chi connectivity index (χ4v) is 6.09. The molecule has 1 amide bonds. The number of alkyl halides is 3. The number of carbonyl (C=O) groups excluding carboxylic acids is 1. The predicted molar refractivity (Wildman–Crippen MR) is 128 cm³/mol. The first-order valence-corrected chi connectivity index (χ1v) is 12.2. The summed E-state index contributed by atoms with van der Waals surface area (Å²) in [6, 6.07) is 8.39. The molecule has 0 radical (unpaired) electrons. The first-order valence-electron chi connectivity index (χ1n) is 11.4. The highest BCUT2D eigenvalue weighted by Gasteiger charge is 2.36. The molecule has 0 spiro atoms. The summed E-state index contributed by atoms with van der Waals surface area (Å²) in [6.07, 6.45) is -1.92. The van der Waals surface area contributed by atoms with Crippen LogP contribution < -0.4 is 5.32 Å². The largest absolute Gasteiger partial charge is 0.459 e. The smallest absolute Gasteiger partial charge is 0.416 e. The van der Waals surface area contributed by atoms with Crippen molar-refractivity contribution in [1.29, 1.82) is 0 Å². The minimum atomic E-state index is -4.43. The van der Waals surface area contributed by atoms with Gasteiger partial charge in [0.1, 0.15) is 5.00 Å². The Balaban J connectivity index is 1.84. The van der Waals surface area contributed by atoms with E-state index in [1.54, 1.807) is 18.2 Å². The number of hydrogen-bond acceptors (Lipinski definition) is 4.